The zero-order chi connectivity index (χ0) is 20.0. The van der Waals surface area contributed by atoms with Crippen LogP contribution in [0.4, 0.5) is 4.39 Å². The van der Waals surface area contributed by atoms with Crippen LogP contribution >= 0.6 is 0 Å². The van der Waals surface area contributed by atoms with E-state index in [2.05, 4.69) is 10.0 Å². The van der Waals surface area contributed by atoms with Crippen molar-refractivity contribution < 1.29 is 26.8 Å². The minimum absolute atomic E-state index is 0.183. The largest absolute Gasteiger partial charge is 0.438 e. The van der Waals surface area contributed by atoms with Crippen molar-refractivity contribution in [2.24, 2.45) is 0 Å². The highest BCUT2D eigenvalue weighted by Gasteiger charge is 2.23. The van der Waals surface area contributed by atoms with Crippen molar-refractivity contribution >= 4 is 21.8 Å². The fourth-order valence-electron chi connectivity index (χ4n) is 2.20. The summed E-state index contributed by atoms with van der Waals surface area (Å²) >= 11 is 0. The van der Waals surface area contributed by atoms with E-state index in [1.54, 1.807) is 19.1 Å². The summed E-state index contributed by atoms with van der Waals surface area (Å²) in [6.45, 7) is 1.86. The molecule has 0 saturated heterocycles. The van der Waals surface area contributed by atoms with Gasteiger partial charge in [0.25, 0.3) is 15.9 Å². The van der Waals surface area contributed by atoms with E-state index in [0.717, 1.165) is 0 Å². The molecule has 1 aromatic heterocycles. The van der Waals surface area contributed by atoms with Gasteiger partial charge in [0.05, 0.1) is 6.54 Å². The molecule has 1 heterocycles. The van der Waals surface area contributed by atoms with Crippen LogP contribution in [0.3, 0.4) is 0 Å². The first-order chi connectivity index (χ1) is 12.8. The van der Waals surface area contributed by atoms with E-state index in [9.17, 15) is 22.4 Å². The molecule has 2 aromatic rings. The number of halogens is 1. The standard InChI is InChI=1S/C17H20FN3O5S/c1-3-21(11-15(22)20-10-12-4-6-13(18)7-5-12)17(23)14-8-9-16(26-14)27(24,25)19-2/h4-9,19H,3,10-11H2,1-2H3,(H,20,22). The van der Waals surface area contributed by atoms with Crippen LogP contribution in [0.2, 0.25) is 0 Å². The summed E-state index contributed by atoms with van der Waals surface area (Å²) in [6.07, 6.45) is 0. The normalized spacial score (nSPS) is 11.2. The predicted molar refractivity (Wildman–Crippen MR) is 94.8 cm³/mol. The number of hydrogen-bond donors (Lipinski definition) is 2. The number of sulfonamides is 1. The van der Waals surface area contributed by atoms with E-state index in [4.69, 9.17) is 4.42 Å². The minimum atomic E-state index is -3.80. The van der Waals surface area contributed by atoms with E-state index >= 15 is 0 Å². The summed E-state index contributed by atoms with van der Waals surface area (Å²) in [6, 6.07) is 8.08. The summed E-state index contributed by atoms with van der Waals surface area (Å²) in [7, 11) is -2.58. The molecule has 2 amide bonds. The molecule has 2 N–H and O–H groups in total. The number of nitrogens with one attached hydrogen (secondary N) is 2. The molecule has 0 fully saturated rings. The highest BCUT2D eigenvalue weighted by Crippen LogP contribution is 2.15. The van der Waals surface area contributed by atoms with Gasteiger partial charge in [-0.15, -0.1) is 0 Å². The molecule has 27 heavy (non-hydrogen) atoms. The molecule has 146 valence electrons. The number of furan rings is 1. The van der Waals surface area contributed by atoms with Crippen LogP contribution in [0.5, 0.6) is 0 Å². The molecule has 8 nitrogen and oxygen atoms in total. The van der Waals surface area contributed by atoms with Crippen molar-refractivity contribution in [1.82, 2.24) is 14.9 Å². The Morgan fingerprint density at radius 3 is 2.41 bits per heavy atom. The van der Waals surface area contributed by atoms with Gasteiger partial charge in [-0.1, -0.05) is 12.1 Å². The highest BCUT2D eigenvalue weighted by molar-refractivity contribution is 7.89. The number of hydrogen-bond acceptors (Lipinski definition) is 5. The number of carbonyl (C=O) groups is 2. The molecule has 0 spiro atoms. The number of rotatable bonds is 8. The zero-order valence-corrected chi connectivity index (χ0v) is 15.7. The van der Waals surface area contributed by atoms with E-state index in [1.807, 2.05) is 0 Å². The first kappa shape index (κ1) is 20.6. The van der Waals surface area contributed by atoms with Gasteiger partial charge >= 0.3 is 0 Å². The van der Waals surface area contributed by atoms with Crippen LogP contribution in [0, 0.1) is 5.82 Å². The second-order valence-electron chi connectivity index (χ2n) is 5.55. The van der Waals surface area contributed by atoms with E-state index in [1.165, 1.54) is 36.2 Å². The van der Waals surface area contributed by atoms with Gasteiger partial charge in [-0.3, -0.25) is 9.59 Å². The first-order valence-corrected chi connectivity index (χ1v) is 9.59. The lowest BCUT2D eigenvalue weighted by Crippen LogP contribution is -2.40. The summed E-state index contributed by atoms with van der Waals surface area (Å²) < 4.78 is 43.4. The van der Waals surface area contributed by atoms with Crippen LogP contribution in [-0.2, 0) is 21.4 Å². The summed E-state index contributed by atoms with van der Waals surface area (Å²) in [5.74, 6) is -1.57. The molecule has 0 aliphatic rings. The van der Waals surface area contributed by atoms with Gasteiger partial charge in [-0.05, 0) is 43.8 Å². The third kappa shape index (κ3) is 5.38. The average molecular weight is 397 g/mol. The van der Waals surface area contributed by atoms with Gasteiger partial charge in [0, 0.05) is 13.1 Å². The van der Waals surface area contributed by atoms with Crippen molar-refractivity contribution in [2.75, 3.05) is 20.1 Å². The number of benzene rings is 1. The Hall–Kier alpha value is -2.72. The van der Waals surface area contributed by atoms with Gasteiger partial charge < -0.3 is 14.6 Å². The van der Waals surface area contributed by atoms with E-state index < -0.39 is 21.8 Å². The van der Waals surface area contributed by atoms with Crippen LogP contribution in [0.25, 0.3) is 0 Å². The SMILES string of the molecule is CCN(CC(=O)NCc1ccc(F)cc1)C(=O)c1ccc(S(=O)(=O)NC)o1. The van der Waals surface area contributed by atoms with Crippen molar-refractivity contribution in [1.29, 1.82) is 0 Å². The maximum absolute atomic E-state index is 12.9. The number of nitrogens with zero attached hydrogens (tertiary/aromatic N) is 1. The molecular weight excluding hydrogens is 377 g/mol. The monoisotopic (exact) mass is 397 g/mol. The topological polar surface area (TPSA) is 109 Å². The van der Waals surface area contributed by atoms with Gasteiger partial charge in [0.1, 0.15) is 5.82 Å². The third-order valence-corrected chi connectivity index (χ3v) is 5.02. The van der Waals surface area contributed by atoms with Crippen molar-refractivity contribution in [2.45, 2.75) is 18.6 Å². The molecule has 0 unspecified atom stereocenters. The van der Waals surface area contributed by atoms with Gasteiger partial charge in [0.15, 0.2) is 5.76 Å². The molecule has 0 atom stereocenters. The van der Waals surface area contributed by atoms with Crippen LogP contribution in [0.1, 0.15) is 23.0 Å². The Balaban J connectivity index is 1.98. The molecule has 0 aliphatic carbocycles. The molecule has 2 rings (SSSR count). The fraction of sp³-hybridized carbons (Fsp3) is 0.294. The van der Waals surface area contributed by atoms with E-state index in [0.29, 0.717) is 5.56 Å². The van der Waals surface area contributed by atoms with Crippen molar-refractivity contribution in [3.8, 4) is 0 Å². The van der Waals surface area contributed by atoms with E-state index in [-0.39, 0.29) is 36.3 Å². The Bertz CT molecular complexity index is 909. The predicted octanol–water partition coefficient (Wildman–Crippen LogP) is 1.11. The highest BCUT2D eigenvalue weighted by atomic mass is 32.2. The second-order valence-corrected chi connectivity index (χ2v) is 7.37. The minimum Gasteiger partial charge on any atom is -0.438 e. The Morgan fingerprint density at radius 1 is 1.15 bits per heavy atom. The van der Waals surface area contributed by atoms with Crippen LogP contribution in [0.15, 0.2) is 45.9 Å². The average Bonchev–Trinajstić information content (AvgIpc) is 3.16. The fourth-order valence-corrected chi connectivity index (χ4v) is 2.84. The molecule has 1 aromatic carbocycles. The maximum atomic E-state index is 12.9. The van der Waals surface area contributed by atoms with Gasteiger partial charge in [-0.2, -0.15) is 0 Å². The van der Waals surface area contributed by atoms with Crippen molar-refractivity contribution in [3.05, 3.63) is 53.5 Å². The Morgan fingerprint density at radius 2 is 1.81 bits per heavy atom. The quantitative estimate of drug-likeness (QED) is 0.694. The molecule has 0 aliphatic heterocycles. The first-order valence-electron chi connectivity index (χ1n) is 8.10. The molecule has 0 radical (unpaired) electrons. The summed E-state index contributed by atoms with van der Waals surface area (Å²) in [5.41, 5.74) is 0.715. The van der Waals surface area contributed by atoms with Crippen LogP contribution in [-0.4, -0.2) is 45.3 Å². The van der Waals surface area contributed by atoms with Gasteiger partial charge in [-0.25, -0.2) is 17.5 Å². The number of carbonyl (C=O) groups excluding carboxylic acids is 2. The lowest BCUT2D eigenvalue weighted by atomic mass is 10.2. The molecule has 10 heteroatoms. The maximum Gasteiger partial charge on any atom is 0.290 e. The number of likely N-dealkylation sites (N-methyl/N-ethyl adjacent to an activating group) is 1. The molecule has 0 bridgehead atoms. The smallest absolute Gasteiger partial charge is 0.290 e. The summed E-state index contributed by atoms with van der Waals surface area (Å²) in [5, 5.41) is 2.25. The molecule has 0 saturated carbocycles. The summed E-state index contributed by atoms with van der Waals surface area (Å²) in [4.78, 5) is 25.7. The second kappa shape index (κ2) is 8.78. The molecular formula is C17H20FN3O5S. The Labute approximate surface area is 156 Å². The van der Waals surface area contributed by atoms with Gasteiger partial charge in [0.2, 0.25) is 11.0 Å². The third-order valence-electron chi connectivity index (χ3n) is 3.73. The Kier molecular flexibility index (Phi) is 6.70. The van der Waals surface area contributed by atoms with Crippen molar-refractivity contribution in [3.63, 3.8) is 0 Å². The lowest BCUT2D eigenvalue weighted by molar-refractivity contribution is -0.121. The zero-order valence-electron chi connectivity index (χ0n) is 14.9. The lowest BCUT2D eigenvalue weighted by Gasteiger charge is -2.19. The van der Waals surface area contributed by atoms with Crippen LogP contribution < -0.4 is 10.0 Å². The number of amides is 2.